The Bertz CT molecular complexity index is 1000. The number of carbonyl (C=O) groups excluding carboxylic acids is 1. The number of ether oxygens (including phenoxy) is 1. The van der Waals surface area contributed by atoms with Gasteiger partial charge in [-0.25, -0.2) is 4.98 Å². The van der Waals surface area contributed by atoms with Crippen LogP contribution < -0.4 is 5.73 Å². The molecule has 0 aliphatic carbocycles. The first-order chi connectivity index (χ1) is 14.2. The predicted molar refractivity (Wildman–Crippen MR) is 120 cm³/mol. The molecule has 0 radical (unpaired) electrons. The third kappa shape index (κ3) is 4.62. The summed E-state index contributed by atoms with van der Waals surface area (Å²) in [5.41, 5.74) is 9.75. The zero-order valence-electron chi connectivity index (χ0n) is 18.4. The van der Waals surface area contributed by atoms with Gasteiger partial charge in [-0.05, 0) is 23.5 Å². The van der Waals surface area contributed by atoms with E-state index < -0.39 is 12.0 Å². The van der Waals surface area contributed by atoms with Gasteiger partial charge in [-0.3, -0.25) is 4.79 Å². The topological polar surface area (TPSA) is 70.1 Å². The van der Waals surface area contributed by atoms with E-state index in [1.165, 1.54) is 18.2 Å². The Morgan fingerprint density at radius 3 is 2.30 bits per heavy atom. The van der Waals surface area contributed by atoms with Crippen molar-refractivity contribution in [1.29, 1.82) is 0 Å². The minimum absolute atomic E-state index is 0.293. The zero-order chi connectivity index (χ0) is 21.9. The van der Waals surface area contributed by atoms with Crippen LogP contribution in [0.15, 0.2) is 60.8 Å². The lowest BCUT2D eigenvalue weighted by Gasteiger charge is -2.34. The number of amides is 1. The standard InChI is InChI=1S/C25H31N3O2/c1-17-11-9-10-14-19(17)15-28-16-20(18-12-7-6-8-13-18)27-24(28)21(25(2,3)4)22(30-5)23(26)29/h6-14,16,21-22H,15H2,1-5H3,(H2,26,29)/t21-,22?/m0/s1. The van der Waals surface area contributed by atoms with Crippen molar-refractivity contribution in [3.8, 4) is 11.3 Å². The van der Waals surface area contributed by atoms with Gasteiger partial charge in [0.15, 0.2) is 0 Å². The number of rotatable bonds is 7. The van der Waals surface area contributed by atoms with E-state index in [1.807, 2.05) is 42.5 Å². The van der Waals surface area contributed by atoms with Gasteiger partial charge in [0.05, 0.1) is 11.6 Å². The van der Waals surface area contributed by atoms with Crippen LogP contribution >= 0.6 is 0 Å². The van der Waals surface area contributed by atoms with Crippen molar-refractivity contribution in [2.24, 2.45) is 11.1 Å². The maximum Gasteiger partial charge on any atom is 0.247 e. The zero-order valence-corrected chi connectivity index (χ0v) is 18.4. The Balaban J connectivity index is 2.18. The molecule has 0 spiro atoms. The van der Waals surface area contributed by atoms with Crippen molar-refractivity contribution in [3.05, 3.63) is 77.7 Å². The summed E-state index contributed by atoms with van der Waals surface area (Å²) in [6.45, 7) is 9.01. The molecule has 1 unspecified atom stereocenters. The van der Waals surface area contributed by atoms with Gasteiger partial charge in [-0.15, -0.1) is 0 Å². The predicted octanol–water partition coefficient (Wildman–Crippen LogP) is 4.54. The van der Waals surface area contributed by atoms with E-state index in [-0.39, 0.29) is 11.3 Å². The fraction of sp³-hybridized carbons (Fsp3) is 0.360. The Labute approximate surface area is 178 Å². The first kappa shape index (κ1) is 21.8. The molecular formula is C25H31N3O2. The molecule has 1 heterocycles. The van der Waals surface area contributed by atoms with Crippen LogP contribution in [0.4, 0.5) is 0 Å². The molecule has 5 nitrogen and oxygen atoms in total. The van der Waals surface area contributed by atoms with E-state index >= 15 is 0 Å². The quantitative estimate of drug-likeness (QED) is 0.627. The highest BCUT2D eigenvalue weighted by molar-refractivity contribution is 5.80. The van der Waals surface area contributed by atoms with Crippen LogP contribution in [0.1, 0.15) is 43.6 Å². The molecule has 1 aromatic heterocycles. The number of primary amides is 1. The normalized spacial score (nSPS) is 13.8. The second-order valence-corrected chi connectivity index (χ2v) is 8.81. The molecule has 5 heteroatoms. The second-order valence-electron chi connectivity index (χ2n) is 8.81. The minimum atomic E-state index is -0.772. The summed E-state index contributed by atoms with van der Waals surface area (Å²) in [6.07, 6.45) is 1.29. The van der Waals surface area contributed by atoms with Crippen LogP contribution in [-0.2, 0) is 16.1 Å². The van der Waals surface area contributed by atoms with E-state index in [0.717, 1.165) is 17.1 Å². The lowest BCUT2D eigenvalue weighted by atomic mass is 9.76. The summed E-state index contributed by atoms with van der Waals surface area (Å²) in [7, 11) is 1.53. The Morgan fingerprint density at radius 1 is 1.10 bits per heavy atom. The Morgan fingerprint density at radius 2 is 1.73 bits per heavy atom. The van der Waals surface area contributed by atoms with Crippen molar-refractivity contribution >= 4 is 5.91 Å². The molecule has 2 aromatic carbocycles. The maximum atomic E-state index is 12.3. The van der Waals surface area contributed by atoms with E-state index in [4.69, 9.17) is 15.5 Å². The number of nitrogens with zero attached hydrogens (tertiary/aromatic N) is 2. The molecule has 2 atom stereocenters. The Kier molecular flexibility index (Phi) is 6.42. The number of carbonyl (C=O) groups is 1. The van der Waals surface area contributed by atoms with Gasteiger partial charge in [-0.2, -0.15) is 0 Å². The maximum absolute atomic E-state index is 12.3. The highest BCUT2D eigenvalue weighted by Crippen LogP contribution is 2.39. The highest BCUT2D eigenvalue weighted by Gasteiger charge is 2.40. The minimum Gasteiger partial charge on any atom is -0.371 e. The third-order valence-corrected chi connectivity index (χ3v) is 5.53. The number of hydrogen-bond acceptors (Lipinski definition) is 3. The second kappa shape index (κ2) is 8.84. The summed E-state index contributed by atoms with van der Waals surface area (Å²) < 4.78 is 7.71. The van der Waals surface area contributed by atoms with Gasteiger partial charge in [0.25, 0.3) is 0 Å². The van der Waals surface area contributed by atoms with Gasteiger partial charge in [0, 0.05) is 25.4 Å². The molecule has 0 bridgehead atoms. The molecule has 0 fully saturated rings. The van der Waals surface area contributed by atoms with Gasteiger partial charge in [-0.1, -0.05) is 75.4 Å². The van der Waals surface area contributed by atoms with Crippen LogP contribution in [0.3, 0.4) is 0 Å². The monoisotopic (exact) mass is 405 g/mol. The SMILES string of the molecule is COC(C(N)=O)[C@@H](c1nc(-c2ccccc2)cn1Cc1ccccc1C)C(C)(C)C. The summed E-state index contributed by atoms with van der Waals surface area (Å²) in [6, 6.07) is 18.4. The number of aromatic nitrogens is 2. The summed E-state index contributed by atoms with van der Waals surface area (Å²) in [4.78, 5) is 17.3. The first-order valence-electron chi connectivity index (χ1n) is 10.2. The van der Waals surface area contributed by atoms with Crippen molar-refractivity contribution < 1.29 is 9.53 Å². The van der Waals surface area contributed by atoms with E-state index in [2.05, 4.69) is 50.6 Å². The lowest BCUT2D eigenvalue weighted by molar-refractivity contribution is -0.131. The van der Waals surface area contributed by atoms with E-state index in [0.29, 0.717) is 6.54 Å². The Hall–Kier alpha value is -2.92. The summed E-state index contributed by atoms with van der Waals surface area (Å²) in [5.74, 6) is 0.0147. The van der Waals surface area contributed by atoms with Gasteiger partial charge >= 0.3 is 0 Å². The lowest BCUT2D eigenvalue weighted by Crippen LogP contribution is -2.42. The average molecular weight is 406 g/mol. The van der Waals surface area contributed by atoms with Crippen LogP contribution in [-0.4, -0.2) is 28.7 Å². The third-order valence-electron chi connectivity index (χ3n) is 5.53. The van der Waals surface area contributed by atoms with Crippen LogP contribution in [0.2, 0.25) is 0 Å². The smallest absolute Gasteiger partial charge is 0.247 e. The van der Waals surface area contributed by atoms with Crippen molar-refractivity contribution in [3.63, 3.8) is 0 Å². The van der Waals surface area contributed by atoms with Gasteiger partial charge in [0.2, 0.25) is 5.91 Å². The molecule has 30 heavy (non-hydrogen) atoms. The highest BCUT2D eigenvalue weighted by atomic mass is 16.5. The number of imidazole rings is 1. The molecule has 1 amide bonds. The molecule has 3 rings (SSSR count). The van der Waals surface area contributed by atoms with E-state index in [9.17, 15) is 4.79 Å². The van der Waals surface area contributed by atoms with Crippen LogP contribution in [0.5, 0.6) is 0 Å². The molecule has 0 saturated heterocycles. The summed E-state index contributed by atoms with van der Waals surface area (Å²) in [5, 5.41) is 0. The van der Waals surface area contributed by atoms with Gasteiger partial charge in [0.1, 0.15) is 11.9 Å². The van der Waals surface area contributed by atoms with Crippen molar-refractivity contribution in [2.75, 3.05) is 7.11 Å². The van der Waals surface area contributed by atoms with Crippen LogP contribution in [0.25, 0.3) is 11.3 Å². The number of nitrogens with two attached hydrogens (primary N) is 1. The first-order valence-corrected chi connectivity index (χ1v) is 10.2. The molecule has 0 saturated carbocycles. The number of hydrogen-bond donors (Lipinski definition) is 1. The number of methoxy groups -OCH3 is 1. The van der Waals surface area contributed by atoms with E-state index in [1.54, 1.807) is 0 Å². The van der Waals surface area contributed by atoms with Crippen LogP contribution in [0, 0.1) is 12.3 Å². The number of benzene rings is 2. The molecular weight excluding hydrogens is 374 g/mol. The molecule has 2 N–H and O–H groups in total. The fourth-order valence-electron chi connectivity index (χ4n) is 3.92. The molecule has 158 valence electrons. The van der Waals surface area contributed by atoms with Crippen molar-refractivity contribution in [1.82, 2.24) is 9.55 Å². The summed E-state index contributed by atoms with van der Waals surface area (Å²) >= 11 is 0. The molecule has 0 aliphatic rings. The fourth-order valence-corrected chi connectivity index (χ4v) is 3.92. The number of aryl methyl sites for hydroxylation is 1. The van der Waals surface area contributed by atoms with Crippen molar-refractivity contribution in [2.45, 2.75) is 46.3 Å². The van der Waals surface area contributed by atoms with Gasteiger partial charge < -0.3 is 15.0 Å². The average Bonchev–Trinajstić information content (AvgIpc) is 3.10. The molecule has 0 aliphatic heterocycles. The molecule has 3 aromatic rings. The largest absolute Gasteiger partial charge is 0.371 e.